The Kier molecular flexibility index (Phi) is 3.03. The lowest BCUT2D eigenvalue weighted by Gasteiger charge is -2.30. The molecule has 1 aromatic rings. The molecular weight excluding hydrogens is 278 g/mol. The fourth-order valence-corrected chi connectivity index (χ4v) is 4.02. The fourth-order valence-electron chi connectivity index (χ4n) is 3.42. The van der Waals surface area contributed by atoms with Crippen molar-refractivity contribution in [2.24, 2.45) is 0 Å². The molecular formula is C13H20BrN3. The number of halogens is 1. The second-order valence-electron chi connectivity index (χ2n) is 5.72. The highest BCUT2D eigenvalue weighted by molar-refractivity contribution is 9.10. The van der Waals surface area contributed by atoms with E-state index in [1.54, 1.807) is 0 Å². The second kappa shape index (κ2) is 4.39. The summed E-state index contributed by atoms with van der Waals surface area (Å²) in [7, 11) is 0. The van der Waals surface area contributed by atoms with E-state index in [4.69, 9.17) is 0 Å². The van der Waals surface area contributed by atoms with E-state index in [-0.39, 0.29) is 0 Å². The molecule has 3 heterocycles. The van der Waals surface area contributed by atoms with Crippen molar-refractivity contribution in [3.8, 4) is 0 Å². The van der Waals surface area contributed by atoms with Crippen molar-refractivity contribution in [1.29, 1.82) is 0 Å². The van der Waals surface area contributed by atoms with Gasteiger partial charge in [0.25, 0.3) is 0 Å². The lowest BCUT2D eigenvalue weighted by molar-refractivity contribution is 0.342. The first-order valence-electron chi connectivity index (χ1n) is 6.64. The number of hydrogen-bond donors (Lipinski definition) is 1. The Hall–Kier alpha value is -0.350. The first-order chi connectivity index (χ1) is 8.15. The lowest BCUT2D eigenvalue weighted by atomic mass is 9.89. The topological polar surface area (TPSA) is 29.9 Å². The number of nitrogens with one attached hydrogen (secondary N) is 1. The van der Waals surface area contributed by atoms with Gasteiger partial charge in [-0.3, -0.25) is 4.68 Å². The summed E-state index contributed by atoms with van der Waals surface area (Å²) in [5.41, 5.74) is 1.42. The number of nitrogens with zero attached hydrogens (tertiary/aromatic N) is 2. The molecule has 1 N–H and O–H groups in total. The third-order valence-corrected chi connectivity index (χ3v) is 4.75. The van der Waals surface area contributed by atoms with Crippen molar-refractivity contribution in [3.63, 3.8) is 0 Å². The number of fused-ring (bicyclic) bond motifs is 2. The van der Waals surface area contributed by atoms with E-state index < -0.39 is 0 Å². The minimum absolute atomic E-state index is 0.448. The summed E-state index contributed by atoms with van der Waals surface area (Å²) in [5, 5.41) is 8.22. The maximum absolute atomic E-state index is 4.51. The van der Waals surface area contributed by atoms with Crippen molar-refractivity contribution in [2.75, 3.05) is 0 Å². The maximum Gasteiger partial charge on any atom is 0.0635 e. The van der Waals surface area contributed by atoms with Crippen LogP contribution in [0.3, 0.4) is 0 Å². The van der Waals surface area contributed by atoms with Gasteiger partial charge in [0, 0.05) is 24.0 Å². The molecule has 0 radical (unpaired) electrons. The molecule has 2 bridgehead atoms. The van der Waals surface area contributed by atoms with E-state index in [0.717, 1.165) is 12.1 Å². The van der Waals surface area contributed by atoms with Crippen LogP contribution in [0.4, 0.5) is 0 Å². The van der Waals surface area contributed by atoms with E-state index in [9.17, 15) is 0 Å². The zero-order chi connectivity index (χ0) is 12.0. The summed E-state index contributed by atoms with van der Waals surface area (Å²) < 4.78 is 3.39. The van der Waals surface area contributed by atoms with E-state index in [2.05, 4.69) is 44.9 Å². The number of piperidine rings is 1. The zero-order valence-electron chi connectivity index (χ0n) is 10.5. The molecule has 0 aliphatic carbocycles. The van der Waals surface area contributed by atoms with Crippen LogP contribution in [-0.4, -0.2) is 21.9 Å². The minimum Gasteiger partial charge on any atom is -0.311 e. The third-order valence-electron chi connectivity index (χ3n) is 4.14. The summed E-state index contributed by atoms with van der Waals surface area (Å²) >= 11 is 3.68. The van der Waals surface area contributed by atoms with Crippen molar-refractivity contribution < 1.29 is 0 Å². The quantitative estimate of drug-likeness (QED) is 0.908. The highest BCUT2D eigenvalue weighted by Crippen LogP contribution is 2.40. The molecule has 2 fully saturated rings. The van der Waals surface area contributed by atoms with Gasteiger partial charge in [0.2, 0.25) is 0 Å². The van der Waals surface area contributed by atoms with Crippen LogP contribution in [-0.2, 0) is 0 Å². The fraction of sp³-hybridized carbons (Fsp3) is 0.769. The Morgan fingerprint density at radius 3 is 2.59 bits per heavy atom. The average molecular weight is 298 g/mol. The number of rotatable bonds is 2. The second-order valence-corrected chi connectivity index (χ2v) is 6.58. The van der Waals surface area contributed by atoms with Crippen molar-refractivity contribution in [2.45, 2.75) is 63.6 Å². The van der Waals surface area contributed by atoms with Gasteiger partial charge in [0.1, 0.15) is 0 Å². The van der Waals surface area contributed by atoms with Gasteiger partial charge in [-0.25, -0.2) is 0 Å². The summed E-state index contributed by atoms with van der Waals surface area (Å²) in [6, 6.07) is 1.92. The molecule has 2 aliphatic heterocycles. The van der Waals surface area contributed by atoms with Crippen LogP contribution in [0.25, 0.3) is 0 Å². The summed E-state index contributed by atoms with van der Waals surface area (Å²) in [4.78, 5) is 0. The molecule has 2 aliphatic rings. The van der Waals surface area contributed by atoms with Crippen molar-refractivity contribution >= 4 is 15.9 Å². The highest BCUT2D eigenvalue weighted by Gasteiger charge is 2.36. The van der Waals surface area contributed by atoms with E-state index in [1.807, 2.05) is 6.20 Å². The first-order valence-corrected chi connectivity index (χ1v) is 7.43. The first kappa shape index (κ1) is 11.7. The van der Waals surface area contributed by atoms with Crippen LogP contribution < -0.4 is 5.32 Å². The molecule has 0 spiro atoms. The number of hydrogen-bond acceptors (Lipinski definition) is 2. The van der Waals surface area contributed by atoms with Crippen LogP contribution >= 0.6 is 15.9 Å². The smallest absolute Gasteiger partial charge is 0.0635 e. The standard InChI is InChI=1S/C13H20BrN3/c1-8(2)17-13(12(14)7-15-17)9-5-10-3-4-11(6-9)16-10/h7-11,16H,3-6H2,1-2H3. The SMILES string of the molecule is CC(C)n1ncc(Br)c1C1CC2CCC(C1)N2. The molecule has 2 unspecified atom stereocenters. The molecule has 2 saturated heterocycles. The van der Waals surface area contributed by atoms with Crippen LogP contribution in [0.2, 0.25) is 0 Å². The van der Waals surface area contributed by atoms with Gasteiger partial charge >= 0.3 is 0 Å². The molecule has 4 heteroatoms. The van der Waals surface area contributed by atoms with Gasteiger partial charge in [0.05, 0.1) is 16.4 Å². The summed E-state index contributed by atoms with van der Waals surface area (Å²) in [6.45, 7) is 4.41. The highest BCUT2D eigenvalue weighted by atomic mass is 79.9. The Morgan fingerprint density at radius 2 is 2.00 bits per heavy atom. The van der Waals surface area contributed by atoms with E-state index in [1.165, 1.54) is 35.8 Å². The summed E-state index contributed by atoms with van der Waals surface area (Å²) in [6.07, 6.45) is 7.21. The van der Waals surface area contributed by atoms with E-state index >= 15 is 0 Å². The molecule has 2 atom stereocenters. The predicted molar refractivity (Wildman–Crippen MR) is 72.2 cm³/mol. The number of aromatic nitrogens is 2. The minimum atomic E-state index is 0.448. The van der Waals surface area contributed by atoms with Crippen LogP contribution in [0.1, 0.15) is 57.2 Å². The molecule has 0 aromatic carbocycles. The van der Waals surface area contributed by atoms with Crippen LogP contribution in [0, 0.1) is 0 Å². The average Bonchev–Trinajstić information content (AvgIpc) is 2.82. The Balaban J connectivity index is 1.91. The van der Waals surface area contributed by atoms with Gasteiger partial charge in [0.15, 0.2) is 0 Å². The maximum atomic E-state index is 4.51. The molecule has 0 amide bonds. The Morgan fingerprint density at radius 1 is 1.35 bits per heavy atom. The van der Waals surface area contributed by atoms with Gasteiger partial charge in [-0.2, -0.15) is 5.10 Å². The molecule has 0 saturated carbocycles. The molecule has 3 rings (SSSR count). The third kappa shape index (κ3) is 2.06. The van der Waals surface area contributed by atoms with Crippen LogP contribution in [0.15, 0.2) is 10.7 Å². The molecule has 1 aromatic heterocycles. The van der Waals surface area contributed by atoms with Gasteiger partial charge in [-0.15, -0.1) is 0 Å². The van der Waals surface area contributed by atoms with E-state index in [0.29, 0.717) is 12.0 Å². The molecule has 17 heavy (non-hydrogen) atoms. The predicted octanol–water partition coefficient (Wildman–Crippen LogP) is 3.22. The van der Waals surface area contributed by atoms with Gasteiger partial charge in [-0.05, 0) is 55.5 Å². The van der Waals surface area contributed by atoms with Gasteiger partial charge in [-0.1, -0.05) is 0 Å². The summed E-state index contributed by atoms with van der Waals surface area (Å²) in [5.74, 6) is 0.674. The zero-order valence-corrected chi connectivity index (χ0v) is 12.1. The molecule has 94 valence electrons. The van der Waals surface area contributed by atoms with Crippen molar-refractivity contribution in [3.05, 3.63) is 16.4 Å². The Labute approximate surface area is 111 Å². The van der Waals surface area contributed by atoms with Crippen LogP contribution in [0.5, 0.6) is 0 Å². The largest absolute Gasteiger partial charge is 0.311 e. The van der Waals surface area contributed by atoms with Gasteiger partial charge < -0.3 is 5.32 Å². The molecule has 3 nitrogen and oxygen atoms in total. The normalized spacial score (nSPS) is 32.4. The lowest BCUT2D eigenvalue weighted by Crippen LogP contribution is -2.37. The van der Waals surface area contributed by atoms with Crippen molar-refractivity contribution in [1.82, 2.24) is 15.1 Å². The Bertz CT molecular complexity index is 401. The monoisotopic (exact) mass is 297 g/mol.